The van der Waals surface area contributed by atoms with Crippen molar-refractivity contribution >= 4 is 33.2 Å². The number of methoxy groups -OCH3 is 2. The van der Waals surface area contributed by atoms with E-state index in [1.807, 2.05) is 25.1 Å². The molecule has 0 bridgehead atoms. The van der Waals surface area contributed by atoms with Gasteiger partial charge in [0, 0.05) is 22.1 Å². The molecule has 4 nitrogen and oxygen atoms in total. The smallest absolute Gasteiger partial charge is 0.150 e. The summed E-state index contributed by atoms with van der Waals surface area (Å²) in [5, 5.41) is 0.479. The second-order valence-corrected chi connectivity index (χ2v) is 6.02. The lowest BCUT2D eigenvalue weighted by Crippen LogP contribution is -1.91. The molecule has 0 amide bonds. The highest BCUT2D eigenvalue weighted by molar-refractivity contribution is 7.20. The van der Waals surface area contributed by atoms with Crippen molar-refractivity contribution in [1.29, 1.82) is 0 Å². The molecule has 0 aliphatic carbocycles. The van der Waals surface area contributed by atoms with Crippen LogP contribution in [0.1, 0.15) is 4.88 Å². The zero-order valence-corrected chi connectivity index (χ0v) is 13.4. The van der Waals surface area contributed by atoms with Crippen LogP contribution in [-0.4, -0.2) is 24.2 Å². The molecule has 0 unspecified atom stereocenters. The van der Waals surface area contributed by atoms with Gasteiger partial charge >= 0.3 is 0 Å². The maximum absolute atomic E-state index is 6.16. The highest BCUT2D eigenvalue weighted by Crippen LogP contribution is 2.43. The number of fused-ring (bicyclic) bond motifs is 1. The molecule has 0 aliphatic rings. The van der Waals surface area contributed by atoms with Crippen molar-refractivity contribution < 1.29 is 9.47 Å². The van der Waals surface area contributed by atoms with Crippen molar-refractivity contribution in [3.8, 4) is 22.6 Å². The topological polar surface area (TPSA) is 44.2 Å². The summed E-state index contributed by atoms with van der Waals surface area (Å²) < 4.78 is 11.6. The van der Waals surface area contributed by atoms with Crippen molar-refractivity contribution in [2.24, 2.45) is 0 Å². The quantitative estimate of drug-likeness (QED) is 0.673. The molecule has 0 atom stereocenters. The number of thiophene rings is 1. The first-order valence-electron chi connectivity index (χ1n) is 6.27. The largest absolute Gasteiger partial charge is 0.497 e. The summed E-state index contributed by atoms with van der Waals surface area (Å²) in [6, 6.07) is 5.74. The molecule has 0 spiro atoms. The van der Waals surface area contributed by atoms with Gasteiger partial charge in [0.2, 0.25) is 0 Å². The normalized spacial score (nSPS) is 10.9. The Morgan fingerprint density at radius 1 is 1.14 bits per heavy atom. The van der Waals surface area contributed by atoms with Crippen molar-refractivity contribution in [2.45, 2.75) is 6.92 Å². The minimum Gasteiger partial charge on any atom is -0.497 e. The number of benzene rings is 1. The SMILES string of the molecule is COc1ccc(-c2c(C)sc3c(Cl)ncnc23)c(OC)c1. The lowest BCUT2D eigenvalue weighted by atomic mass is 10.0. The van der Waals surface area contributed by atoms with E-state index >= 15 is 0 Å². The molecule has 0 saturated carbocycles. The van der Waals surface area contributed by atoms with Crippen LogP contribution < -0.4 is 9.47 Å². The van der Waals surface area contributed by atoms with Gasteiger partial charge in [-0.25, -0.2) is 9.97 Å². The Morgan fingerprint density at radius 2 is 1.95 bits per heavy atom. The molecular weight excluding hydrogens is 308 g/mol. The van der Waals surface area contributed by atoms with Gasteiger partial charge in [-0.1, -0.05) is 11.6 Å². The Balaban J connectivity index is 2.30. The van der Waals surface area contributed by atoms with Crippen LogP contribution in [0.2, 0.25) is 5.15 Å². The Morgan fingerprint density at radius 3 is 2.67 bits per heavy atom. The molecule has 3 aromatic rings. The lowest BCUT2D eigenvalue weighted by Gasteiger charge is -2.10. The van der Waals surface area contributed by atoms with Crippen LogP contribution >= 0.6 is 22.9 Å². The van der Waals surface area contributed by atoms with Crippen molar-refractivity contribution in [3.63, 3.8) is 0 Å². The average molecular weight is 321 g/mol. The van der Waals surface area contributed by atoms with E-state index in [4.69, 9.17) is 21.1 Å². The third-order valence-corrected chi connectivity index (χ3v) is 4.78. The number of rotatable bonds is 3. The van der Waals surface area contributed by atoms with E-state index in [1.54, 1.807) is 25.6 Å². The second kappa shape index (κ2) is 5.50. The first kappa shape index (κ1) is 14.1. The first-order chi connectivity index (χ1) is 10.2. The lowest BCUT2D eigenvalue weighted by molar-refractivity contribution is 0.395. The van der Waals surface area contributed by atoms with E-state index in [2.05, 4.69) is 9.97 Å². The van der Waals surface area contributed by atoms with E-state index in [9.17, 15) is 0 Å². The molecular formula is C15H13ClN2O2S. The van der Waals surface area contributed by atoms with Gasteiger partial charge in [0.15, 0.2) is 0 Å². The summed E-state index contributed by atoms with van der Waals surface area (Å²) in [5.41, 5.74) is 2.84. The van der Waals surface area contributed by atoms with E-state index < -0.39 is 0 Å². The molecule has 6 heteroatoms. The zero-order valence-electron chi connectivity index (χ0n) is 11.8. The first-order valence-corrected chi connectivity index (χ1v) is 7.47. The van der Waals surface area contributed by atoms with Crippen LogP contribution in [0.5, 0.6) is 11.5 Å². The molecule has 3 rings (SSSR count). The summed E-state index contributed by atoms with van der Waals surface area (Å²) in [7, 11) is 3.27. The number of halogens is 1. The van der Waals surface area contributed by atoms with Crippen LogP contribution in [0, 0.1) is 6.92 Å². The van der Waals surface area contributed by atoms with E-state index in [0.29, 0.717) is 5.15 Å². The van der Waals surface area contributed by atoms with Gasteiger partial charge in [-0.15, -0.1) is 11.3 Å². The van der Waals surface area contributed by atoms with Crippen LogP contribution in [0.25, 0.3) is 21.3 Å². The van der Waals surface area contributed by atoms with Gasteiger partial charge < -0.3 is 9.47 Å². The van der Waals surface area contributed by atoms with Crippen LogP contribution in [0.15, 0.2) is 24.5 Å². The summed E-state index contributed by atoms with van der Waals surface area (Å²) in [5.74, 6) is 1.49. The molecule has 2 heterocycles. The zero-order chi connectivity index (χ0) is 15.0. The minimum atomic E-state index is 0.479. The maximum atomic E-state index is 6.16. The molecule has 1 aromatic carbocycles. The van der Waals surface area contributed by atoms with Crippen molar-refractivity contribution in [3.05, 3.63) is 34.6 Å². The molecule has 2 aromatic heterocycles. The summed E-state index contributed by atoms with van der Waals surface area (Å²) in [4.78, 5) is 9.55. The number of hydrogen-bond acceptors (Lipinski definition) is 5. The molecule has 0 aliphatic heterocycles. The standard InChI is InChI=1S/C15H13ClN2O2S/c1-8-12(13-14(21-8)15(16)18-7-17-13)10-5-4-9(19-2)6-11(10)20-3/h4-7H,1-3H3. The van der Waals surface area contributed by atoms with Crippen LogP contribution in [-0.2, 0) is 0 Å². The predicted molar refractivity (Wildman–Crippen MR) is 85.7 cm³/mol. The Hall–Kier alpha value is -1.85. The van der Waals surface area contributed by atoms with Crippen LogP contribution in [0.3, 0.4) is 0 Å². The monoisotopic (exact) mass is 320 g/mol. The molecule has 0 N–H and O–H groups in total. The minimum absolute atomic E-state index is 0.479. The van der Waals surface area contributed by atoms with E-state index in [-0.39, 0.29) is 0 Å². The third-order valence-electron chi connectivity index (χ3n) is 3.28. The maximum Gasteiger partial charge on any atom is 0.150 e. The highest BCUT2D eigenvalue weighted by atomic mass is 35.5. The molecule has 0 fully saturated rings. The van der Waals surface area contributed by atoms with Crippen LogP contribution in [0.4, 0.5) is 0 Å². The summed E-state index contributed by atoms with van der Waals surface area (Å²) in [6.45, 7) is 2.04. The van der Waals surface area contributed by atoms with Crippen molar-refractivity contribution in [2.75, 3.05) is 14.2 Å². The Labute approximate surface area is 131 Å². The summed E-state index contributed by atoms with van der Waals surface area (Å²) >= 11 is 7.74. The van der Waals surface area contributed by atoms with E-state index in [1.165, 1.54) is 6.33 Å². The Kier molecular flexibility index (Phi) is 3.69. The van der Waals surface area contributed by atoms with Gasteiger partial charge in [0.1, 0.15) is 23.0 Å². The number of hydrogen-bond donors (Lipinski definition) is 0. The average Bonchev–Trinajstić information content (AvgIpc) is 2.84. The predicted octanol–water partition coefficient (Wildman–Crippen LogP) is 4.34. The molecule has 0 radical (unpaired) electrons. The molecule has 108 valence electrons. The fraction of sp³-hybridized carbons (Fsp3) is 0.200. The number of aromatic nitrogens is 2. The van der Waals surface area contributed by atoms with Gasteiger partial charge in [-0.2, -0.15) is 0 Å². The highest BCUT2D eigenvalue weighted by Gasteiger charge is 2.18. The summed E-state index contributed by atoms with van der Waals surface area (Å²) in [6.07, 6.45) is 1.48. The molecule has 0 saturated heterocycles. The van der Waals surface area contributed by atoms with Gasteiger partial charge in [-0.05, 0) is 19.1 Å². The number of nitrogens with zero attached hydrogens (tertiary/aromatic N) is 2. The fourth-order valence-electron chi connectivity index (χ4n) is 2.31. The number of ether oxygens (including phenoxy) is 2. The second-order valence-electron chi connectivity index (χ2n) is 4.44. The number of aryl methyl sites for hydroxylation is 1. The van der Waals surface area contributed by atoms with Gasteiger partial charge in [0.05, 0.1) is 24.4 Å². The fourth-order valence-corrected chi connectivity index (χ4v) is 3.57. The van der Waals surface area contributed by atoms with Gasteiger partial charge in [0.25, 0.3) is 0 Å². The third kappa shape index (κ3) is 2.32. The van der Waals surface area contributed by atoms with Gasteiger partial charge in [-0.3, -0.25) is 0 Å². The Bertz CT molecular complexity index is 817. The van der Waals surface area contributed by atoms with E-state index in [0.717, 1.165) is 37.7 Å². The van der Waals surface area contributed by atoms with Crippen molar-refractivity contribution in [1.82, 2.24) is 9.97 Å². The molecule has 21 heavy (non-hydrogen) atoms.